The molecule has 0 radical (unpaired) electrons. The molecule has 0 spiro atoms. The molecule has 1 N–H and O–H groups in total. The minimum Gasteiger partial charge on any atom is -0.443 e. The first-order valence-electron chi connectivity index (χ1n) is 9.25. The zero-order chi connectivity index (χ0) is 17.3. The molecule has 1 heterocycles. The van der Waals surface area contributed by atoms with E-state index in [1.54, 1.807) is 0 Å². The molecule has 3 nitrogen and oxygen atoms in total. The maximum absolute atomic E-state index is 5.31. The SMILES string of the molecule is CC1(C)CCC(NCc2ccc(-c3ccc4ocnc4c3)cc2)CC1.Cl. The fourth-order valence-electron chi connectivity index (χ4n) is 3.72. The Morgan fingerprint density at radius 2 is 1.73 bits per heavy atom. The van der Waals surface area contributed by atoms with Gasteiger partial charge < -0.3 is 9.73 Å². The van der Waals surface area contributed by atoms with E-state index in [-0.39, 0.29) is 12.4 Å². The monoisotopic (exact) mass is 370 g/mol. The summed E-state index contributed by atoms with van der Waals surface area (Å²) in [6.45, 7) is 5.73. The smallest absolute Gasteiger partial charge is 0.181 e. The molecule has 138 valence electrons. The molecule has 1 aliphatic carbocycles. The normalized spacial score (nSPS) is 17.2. The lowest BCUT2D eigenvalue weighted by Gasteiger charge is -2.34. The number of rotatable bonds is 4. The van der Waals surface area contributed by atoms with E-state index in [0.29, 0.717) is 11.5 Å². The van der Waals surface area contributed by atoms with E-state index in [0.717, 1.165) is 17.6 Å². The van der Waals surface area contributed by atoms with E-state index in [9.17, 15) is 0 Å². The summed E-state index contributed by atoms with van der Waals surface area (Å²) < 4.78 is 5.31. The quantitative estimate of drug-likeness (QED) is 0.614. The van der Waals surface area contributed by atoms with Crippen molar-refractivity contribution in [3.8, 4) is 11.1 Å². The van der Waals surface area contributed by atoms with Crippen LogP contribution < -0.4 is 5.32 Å². The lowest BCUT2D eigenvalue weighted by Crippen LogP contribution is -2.35. The summed E-state index contributed by atoms with van der Waals surface area (Å²) in [7, 11) is 0. The van der Waals surface area contributed by atoms with E-state index < -0.39 is 0 Å². The highest BCUT2D eigenvalue weighted by atomic mass is 35.5. The zero-order valence-corrected chi connectivity index (χ0v) is 16.3. The minimum absolute atomic E-state index is 0. The van der Waals surface area contributed by atoms with E-state index in [2.05, 4.69) is 60.5 Å². The summed E-state index contributed by atoms with van der Waals surface area (Å²) in [5.41, 5.74) is 6.01. The molecule has 0 atom stereocenters. The van der Waals surface area contributed by atoms with E-state index in [4.69, 9.17) is 4.42 Å². The third-order valence-electron chi connectivity index (χ3n) is 5.55. The van der Waals surface area contributed by atoms with Gasteiger partial charge in [-0.15, -0.1) is 12.4 Å². The van der Waals surface area contributed by atoms with Gasteiger partial charge in [0.2, 0.25) is 0 Å². The van der Waals surface area contributed by atoms with Crippen LogP contribution in [0.15, 0.2) is 53.3 Å². The first-order chi connectivity index (χ1) is 12.1. The van der Waals surface area contributed by atoms with Crippen molar-refractivity contribution < 1.29 is 4.42 Å². The molecule has 0 aliphatic heterocycles. The number of nitrogens with zero attached hydrogens (tertiary/aromatic N) is 1. The van der Waals surface area contributed by atoms with Crippen LogP contribution in [0.25, 0.3) is 22.2 Å². The summed E-state index contributed by atoms with van der Waals surface area (Å²) in [5, 5.41) is 3.73. The van der Waals surface area contributed by atoms with Gasteiger partial charge in [-0.2, -0.15) is 0 Å². The van der Waals surface area contributed by atoms with Crippen LogP contribution in [0.4, 0.5) is 0 Å². The Morgan fingerprint density at radius 1 is 1.04 bits per heavy atom. The standard InChI is InChI=1S/C22H26N2O.ClH/c1-22(2)11-9-19(10-12-22)23-14-16-3-5-17(6-4-16)18-7-8-21-20(13-18)24-15-25-21;/h3-8,13,15,19,23H,9-12,14H2,1-2H3;1H. The minimum atomic E-state index is 0. The average Bonchev–Trinajstić information content (AvgIpc) is 3.09. The average molecular weight is 371 g/mol. The molecule has 0 unspecified atom stereocenters. The number of benzene rings is 2. The summed E-state index contributed by atoms with van der Waals surface area (Å²) >= 11 is 0. The maximum atomic E-state index is 5.31. The summed E-state index contributed by atoms with van der Waals surface area (Å²) in [6, 6.07) is 15.7. The molecular formula is C22H27ClN2O. The van der Waals surface area contributed by atoms with Crippen molar-refractivity contribution in [2.24, 2.45) is 5.41 Å². The summed E-state index contributed by atoms with van der Waals surface area (Å²) in [4.78, 5) is 4.24. The lowest BCUT2D eigenvalue weighted by atomic mass is 9.75. The van der Waals surface area contributed by atoms with Crippen molar-refractivity contribution in [2.75, 3.05) is 0 Å². The molecule has 1 fully saturated rings. The number of oxazole rings is 1. The van der Waals surface area contributed by atoms with Crippen molar-refractivity contribution in [3.63, 3.8) is 0 Å². The van der Waals surface area contributed by atoms with Crippen molar-refractivity contribution in [1.82, 2.24) is 10.3 Å². The van der Waals surface area contributed by atoms with E-state index >= 15 is 0 Å². The van der Waals surface area contributed by atoms with Gasteiger partial charge in [-0.05, 0) is 59.9 Å². The van der Waals surface area contributed by atoms with Gasteiger partial charge in [-0.25, -0.2) is 4.98 Å². The maximum Gasteiger partial charge on any atom is 0.181 e. The Kier molecular flexibility index (Phi) is 5.69. The molecule has 1 saturated carbocycles. The molecule has 0 amide bonds. The van der Waals surface area contributed by atoms with Gasteiger partial charge in [0.25, 0.3) is 0 Å². The van der Waals surface area contributed by atoms with Gasteiger partial charge in [0.05, 0.1) is 0 Å². The number of aromatic nitrogens is 1. The number of hydrogen-bond acceptors (Lipinski definition) is 3. The molecule has 2 aromatic carbocycles. The van der Waals surface area contributed by atoms with Crippen LogP contribution in [0.1, 0.15) is 45.1 Å². The topological polar surface area (TPSA) is 38.1 Å². The Bertz CT molecular complexity index is 844. The molecule has 26 heavy (non-hydrogen) atoms. The van der Waals surface area contributed by atoms with Gasteiger partial charge in [0.1, 0.15) is 5.52 Å². The second-order valence-electron chi connectivity index (χ2n) is 8.05. The van der Waals surface area contributed by atoms with Gasteiger partial charge in [0.15, 0.2) is 12.0 Å². The van der Waals surface area contributed by atoms with E-state index in [1.165, 1.54) is 48.8 Å². The molecule has 0 bridgehead atoms. The van der Waals surface area contributed by atoms with E-state index in [1.807, 2.05) is 6.07 Å². The van der Waals surface area contributed by atoms with Crippen molar-refractivity contribution >= 4 is 23.5 Å². The Balaban J connectivity index is 0.00000196. The molecule has 1 aliphatic rings. The molecule has 3 aromatic rings. The van der Waals surface area contributed by atoms with Crippen LogP contribution in [0.2, 0.25) is 0 Å². The third kappa shape index (κ3) is 4.28. The zero-order valence-electron chi connectivity index (χ0n) is 15.5. The predicted octanol–water partition coefficient (Wildman–Crippen LogP) is 5.98. The highest BCUT2D eigenvalue weighted by molar-refractivity contribution is 5.85. The molecule has 4 heteroatoms. The highest BCUT2D eigenvalue weighted by Gasteiger charge is 2.26. The van der Waals surface area contributed by atoms with Crippen LogP contribution in [-0.4, -0.2) is 11.0 Å². The van der Waals surface area contributed by atoms with Crippen molar-refractivity contribution in [1.29, 1.82) is 0 Å². The van der Waals surface area contributed by atoms with Gasteiger partial charge in [-0.3, -0.25) is 0 Å². The van der Waals surface area contributed by atoms with Crippen LogP contribution in [0, 0.1) is 5.41 Å². The fourth-order valence-corrected chi connectivity index (χ4v) is 3.72. The summed E-state index contributed by atoms with van der Waals surface area (Å²) in [6.07, 6.45) is 6.74. The highest BCUT2D eigenvalue weighted by Crippen LogP contribution is 2.35. The fraction of sp³-hybridized carbons (Fsp3) is 0.409. The Labute approximate surface area is 161 Å². The van der Waals surface area contributed by atoms with Crippen LogP contribution in [0.5, 0.6) is 0 Å². The Hall–Kier alpha value is -1.84. The second kappa shape index (κ2) is 7.81. The lowest BCUT2D eigenvalue weighted by molar-refractivity contribution is 0.206. The number of nitrogens with one attached hydrogen (secondary N) is 1. The van der Waals surface area contributed by atoms with Gasteiger partial charge in [0, 0.05) is 12.6 Å². The first kappa shape index (κ1) is 18.9. The molecular weight excluding hydrogens is 344 g/mol. The number of hydrogen-bond donors (Lipinski definition) is 1. The first-order valence-corrected chi connectivity index (χ1v) is 9.25. The molecule has 1 aromatic heterocycles. The Morgan fingerprint density at radius 3 is 2.46 bits per heavy atom. The van der Waals surface area contributed by atoms with Gasteiger partial charge >= 0.3 is 0 Å². The molecule has 4 rings (SSSR count). The van der Waals surface area contributed by atoms with Crippen LogP contribution in [0.3, 0.4) is 0 Å². The largest absolute Gasteiger partial charge is 0.443 e. The number of fused-ring (bicyclic) bond motifs is 1. The van der Waals surface area contributed by atoms with Crippen molar-refractivity contribution in [3.05, 3.63) is 54.4 Å². The number of halogens is 1. The van der Waals surface area contributed by atoms with Crippen molar-refractivity contribution in [2.45, 2.75) is 52.1 Å². The predicted molar refractivity (Wildman–Crippen MR) is 110 cm³/mol. The molecule has 0 saturated heterocycles. The van der Waals surface area contributed by atoms with Crippen LogP contribution in [-0.2, 0) is 6.54 Å². The van der Waals surface area contributed by atoms with Gasteiger partial charge in [-0.1, -0.05) is 44.2 Å². The second-order valence-corrected chi connectivity index (χ2v) is 8.05. The third-order valence-corrected chi connectivity index (χ3v) is 5.55. The van der Waals surface area contributed by atoms with Crippen LogP contribution >= 0.6 is 12.4 Å². The summed E-state index contributed by atoms with van der Waals surface area (Å²) in [5.74, 6) is 0.